The molecule has 18 nitrogen and oxygen atoms in total. The highest BCUT2D eigenvalue weighted by Gasteiger charge is 2.55. The molecule has 418 valence electrons. The molecule has 9 aromatic rings. The molecule has 0 unspecified atom stereocenters. The van der Waals surface area contributed by atoms with Gasteiger partial charge < -0.3 is 43.3 Å². The molecule has 2 aliphatic heterocycles. The van der Waals surface area contributed by atoms with Crippen molar-refractivity contribution in [3.8, 4) is 0 Å². The van der Waals surface area contributed by atoms with Crippen LogP contribution < -0.4 is 31.8 Å². The molecule has 2 aliphatic rings. The van der Waals surface area contributed by atoms with Gasteiger partial charge in [-0.25, -0.2) is 29.9 Å². The molecule has 2 saturated heterocycles. The number of aromatic nitrogens is 8. The first-order chi connectivity index (χ1) is 39.0. The van der Waals surface area contributed by atoms with Crippen LogP contribution in [0, 0.1) is 0 Å². The predicted octanol–water partition coefficient (Wildman–Crippen LogP) is 8.22. The van der Waals surface area contributed by atoms with E-state index in [2.05, 4.69) is 120 Å². The number of benzene rings is 5. The van der Waals surface area contributed by atoms with Crippen molar-refractivity contribution in [2.24, 2.45) is 0 Å². The maximum Gasteiger partial charge on any atom is 0.324 e. The average molecular weight is 1160 g/mol. The highest BCUT2D eigenvalue weighted by atomic mass is 32.5. The lowest BCUT2D eigenvalue weighted by atomic mass is 10.2. The van der Waals surface area contributed by atoms with Crippen molar-refractivity contribution < 1.29 is 37.1 Å². The van der Waals surface area contributed by atoms with Crippen LogP contribution in [0.15, 0.2) is 177 Å². The number of hydrogen-bond donors (Lipinski definition) is 3. The largest absolute Gasteiger partial charge is 0.405 e. The maximum absolute atomic E-state index is 13.4. The number of fused-ring (bicyclic) bond motifs is 2. The Kier molecular flexibility index (Phi) is 15.9. The summed E-state index contributed by atoms with van der Waals surface area (Å²) in [5, 5.41) is 6.48. The smallest absolute Gasteiger partial charge is 0.324 e. The van der Waals surface area contributed by atoms with Crippen LogP contribution in [0.25, 0.3) is 22.3 Å². The molecule has 0 radical (unpaired) electrons. The lowest BCUT2D eigenvalue weighted by molar-refractivity contribution is -0.0478. The minimum Gasteiger partial charge on any atom is -0.405 e. The fourth-order valence-corrected chi connectivity index (χ4v) is 22.3. The minimum absolute atomic E-state index is 0.0788. The number of imidazole rings is 2. The van der Waals surface area contributed by atoms with Crippen LogP contribution in [0.3, 0.4) is 0 Å². The van der Waals surface area contributed by atoms with Crippen molar-refractivity contribution in [2.75, 3.05) is 24.3 Å². The summed E-state index contributed by atoms with van der Waals surface area (Å²) in [7, 11) is -6.34. The van der Waals surface area contributed by atoms with E-state index in [4.69, 9.17) is 49.9 Å². The number of nitrogens with one attached hydrogen (secondary N) is 1. The number of amides is 1. The van der Waals surface area contributed by atoms with E-state index in [0.29, 0.717) is 34.3 Å². The second kappa shape index (κ2) is 22.9. The van der Waals surface area contributed by atoms with E-state index < -0.39 is 65.3 Å². The summed E-state index contributed by atoms with van der Waals surface area (Å²) in [5.74, 6) is 0.138. The third-order valence-electron chi connectivity index (χ3n) is 15.3. The van der Waals surface area contributed by atoms with Crippen LogP contribution >= 0.6 is 6.72 Å². The number of ether oxygens (including phenoxy) is 2. The molecule has 22 heteroatoms. The lowest BCUT2D eigenvalue weighted by Gasteiger charge is -2.45. The molecule has 0 spiro atoms. The van der Waals surface area contributed by atoms with Gasteiger partial charge in [-0.3, -0.25) is 13.9 Å². The molecular formula is C59H65N10O8PSSi2. The molecule has 4 aromatic heterocycles. The molecule has 11 rings (SSSR count). The number of carbonyl (C=O) groups excluding carboxylic acids is 1. The van der Waals surface area contributed by atoms with Crippen LogP contribution in [-0.2, 0) is 39.2 Å². The van der Waals surface area contributed by atoms with Crippen molar-refractivity contribution in [2.45, 2.75) is 101 Å². The lowest BCUT2D eigenvalue weighted by Crippen LogP contribution is -2.68. The van der Waals surface area contributed by atoms with Crippen LogP contribution in [0.4, 0.5) is 11.6 Å². The van der Waals surface area contributed by atoms with E-state index in [1.165, 1.54) is 12.7 Å². The van der Waals surface area contributed by atoms with E-state index in [-0.39, 0.29) is 42.2 Å². The summed E-state index contributed by atoms with van der Waals surface area (Å²) < 4.78 is 46.0. The summed E-state index contributed by atoms with van der Waals surface area (Å²) in [5.41, 5.74) is 8.43. The zero-order valence-electron chi connectivity index (χ0n) is 45.9. The monoisotopic (exact) mass is 1160 g/mol. The van der Waals surface area contributed by atoms with Gasteiger partial charge in [-0.05, 0) is 54.8 Å². The number of rotatable bonds is 18. The number of carbonyl (C=O) groups is 1. The molecule has 0 aliphatic carbocycles. The molecule has 6 heterocycles. The van der Waals surface area contributed by atoms with E-state index in [9.17, 15) is 9.69 Å². The van der Waals surface area contributed by atoms with Gasteiger partial charge in [-0.1, -0.05) is 181 Å². The van der Waals surface area contributed by atoms with Gasteiger partial charge in [0.25, 0.3) is 22.5 Å². The van der Waals surface area contributed by atoms with Gasteiger partial charge in [0, 0.05) is 18.4 Å². The standard InChI is InChI=1S/C59H65N10O8PSSi2/c1-58(2,3)80(41-24-14-8-15-25-41,42-26-16-9-17-27-42)73-35-48-45(32-49(75-48)68-38-65-51-53(60)61-36-63-55(51)68)76-78(71,79)72-34-47-46(77-81(59(4,5)6,43-28-18-10-19-29-43)44-30-20-11-21-31-44)33-50(74-47)69-39-66-52-54(62-37-64-56(52)69)67-57(70)40-22-12-7-13-23-40/h7-31,36-39,45-50H,32-35H2,1-6H3,(H,71,79)(H2,60,61,63)(H,62,64,67,70)/t45-,46-,47+,48+,49+,50+,78+/m0/s1. The molecule has 1 amide bonds. The summed E-state index contributed by atoms with van der Waals surface area (Å²) >= 11 is 6.01. The van der Waals surface area contributed by atoms with Crippen molar-refractivity contribution in [3.63, 3.8) is 0 Å². The van der Waals surface area contributed by atoms with Crippen LogP contribution in [0.5, 0.6) is 0 Å². The van der Waals surface area contributed by atoms with Gasteiger partial charge in [-0.15, -0.1) is 0 Å². The summed E-state index contributed by atoms with van der Waals surface area (Å²) in [6.45, 7) is 8.97. The maximum atomic E-state index is 13.4. The summed E-state index contributed by atoms with van der Waals surface area (Å²) in [6, 6.07) is 50.3. The average Bonchev–Trinajstić information content (AvgIpc) is 4.45. The molecular weight excluding hydrogens is 1100 g/mol. The zero-order valence-corrected chi connectivity index (χ0v) is 49.6. The fraction of sp³-hybridized carbons (Fsp3) is 0.305. The highest BCUT2D eigenvalue weighted by Crippen LogP contribution is 2.51. The molecule has 2 fully saturated rings. The van der Waals surface area contributed by atoms with Crippen LogP contribution in [0.1, 0.15) is 77.2 Å². The van der Waals surface area contributed by atoms with Gasteiger partial charge in [0.2, 0.25) is 0 Å². The highest BCUT2D eigenvalue weighted by molar-refractivity contribution is 8.07. The third kappa shape index (κ3) is 11.1. The summed E-state index contributed by atoms with van der Waals surface area (Å²) in [6.07, 6.45) is 2.13. The topological polar surface area (TPSA) is 218 Å². The predicted molar refractivity (Wildman–Crippen MR) is 320 cm³/mol. The Morgan fingerprint density at radius 2 is 1.07 bits per heavy atom. The van der Waals surface area contributed by atoms with Crippen molar-refractivity contribution in [1.29, 1.82) is 0 Å². The third-order valence-corrected chi connectivity index (χ3v) is 26.9. The minimum atomic E-state index is -4.16. The first-order valence-corrected chi connectivity index (χ1v) is 33.3. The van der Waals surface area contributed by atoms with Crippen molar-refractivity contribution in [3.05, 3.63) is 183 Å². The molecule has 5 aromatic carbocycles. The molecule has 0 saturated carbocycles. The Labute approximate surface area is 477 Å². The van der Waals surface area contributed by atoms with Gasteiger partial charge in [0.15, 0.2) is 28.4 Å². The fourth-order valence-electron chi connectivity index (χ4n) is 11.5. The van der Waals surface area contributed by atoms with Crippen LogP contribution in [0.2, 0.25) is 10.1 Å². The van der Waals surface area contributed by atoms with Crippen molar-refractivity contribution >= 4 is 95.8 Å². The van der Waals surface area contributed by atoms with Gasteiger partial charge >= 0.3 is 6.72 Å². The Morgan fingerprint density at radius 3 is 1.59 bits per heavy atom. The van der Waals surface area contributed by atoms with Gasteiger partial charge in [0.1, 0.15) is 42.8 Å². The first-order valence-electron chi connectivity index (χ1n) is 26.9. The Bertz CT molecular complexity index is 3600. The number of nitrogens with two attached hydrogens (primary N) is 1. The van der Waals surface area contributed by atoms with Gasteiger partial charge in [0.05, 0.1) is 38.1 Å². The molecule has 0 bridgehead atoms. The van der Waals surface area contributed by atoms with Gasteiger partial charge in [-0.2, -0.15) is 0 Å². The Balaban J connectivity index is 0.920. The molecule has 7 atom stereocenters. The first kappa shape index (κ1) is 56.1. The van der Waals surface area contributed by atoms with Crippen LogP contribution in [-0.4, -0.2) is 104 Å². The number of hydrogen-bond acceptors (Lipinski definition) is 15. The quantitative estimate of drug-likeness (QED) is 0.0545. The number of nitrogen functional groups attached to an aromatic ring is 1. The zero-order chi connectivity index (χ0) is 56.6. The normalized spacial score (nSPS) is 20.6. The number of nitrogens with zero attached hydrogens (tertiary/aromatic N) is 8. The van der Waals surface area contributed by atoms with E-state index in [1.807, 2.05) is 83.4 Å². The van der Waals surface area contributed by atoms with E-state index >= 15 is 0 Å². The summed E-state index contributed by atoms with van der Waals surface area (Å²) in [4.78, 5) is 52.8. The second-order valence-electron chi connectivity index (χ2n) is 22.4. The van der Waals surface area contributed by atoms with Crippen molar-refractivity contribution in [1.82, 2.24) is 39.0 Å². The molecule has 81 heavy (non-hydrogen) atoms. The Hall–Kier alpha value is -6.73. The molecule has 4 N–H and O–H groups in total. The van der Waals surface area contributed by atoms with E-state index in [0.717, 1.165) is 20.7 Å². The second-order valence-corrected chi connectivity index (χ2v) is 33.7. The number of anilines is 2. The SMILES string of the molecule is CC(C)(C)[Si](OC[C@H]1O[C@@H](n2cnc3c(N)ncnc32)C[C@@H]1O[P@](O)(=S)OC[C@H]1O[C@@H](n2cnc3c(NC(=O)c4ccccc4)ncnc32)C[C@@H]1O[Si](c1ccccc1)(c1ccccc1)C(C)(C)C)(c1ccccc1)c1ccccc1. The van der Waals surface area contributed by atoms with E-state index in [1.54, 1.807) is 41.5 Å². The Morgan fingerprint density at radius 1 is 0.630 bits per heavy atom.